The number of hydrogen-bond acceptors (Lipinski definition) is 3. The van der Waals surface area contributed by atoms with E-state index in [1.165, 1.54) is 0 Å². The molecule has 2 N–H and O–H groups in total. The summed E-state index contributed by atoms with van der Waals surface area (Å²) in [5, 5.41) is 5.91. The van der Waals surface area contributed by atoms with Crippen LogP contribution < -0.4 is 10.6 Å². The number of pyridine rings is 1. The van der Waals surface area contributed by atoms with E-state index in [1.807, 2.05) is 12.1 Å². The molecular weight excluding hydrogens is 178 g/mol. The molecule has 1 aliphatic heterocycles. The van der Waals surface area contributed by atoms with Crippen molar-refractivity contribution in [1.82, 2.24) is 10.3 Å². The van der Waals surface area contributed by atoms with Crippen molar-refractivity contribution in [3.05, 3.63) is 24.4 Å². The molecule has 2 rings (SSSR count). The highest BCUT2D eigenvalue weighted by molar-refractivity contribution is 5.94. The van der Waals surface area contributed by atoms with Gasteiger partial charge in [-0.1, -0.05) is 6.07 Å². The van der Waals surface area contributed by atoms with Crippen molar-refractivity contribution in [2.24, 2.45) is 0 Å². The highest BCUT2D eigenvalue weighted by atomic mass is 16.2. The fraction of sp³-hybridized carbons (Fsp3) is 0.400. The summed E-state index contributed by atoms with van der Waals surface area (Å²) in [7, 11) is 0. The van der Waals surface area contributed by atoms with E-state index in [4.69, 9.17) is 0 Å². The minimum Gasteiger partial charge on any atom is -0.309 e. The van der Waals surface area contributed by atoms with Crippen LogP contribution in [0.15, 0.2) is 24.4 Å². The Balaban J connectivity index is 1.94. The van der Waals surface area contributed by atoms with Gasteiger partial charge in [-0.2, -0.15) is 0 Å². The topological polar surface area (TPSA) is 54.0 Å². The van der Waals surface area contributed by atoms with Crippen molar-refractivity contribution in [3.8, 4) is 0 Å². The maximum absolute atomic E-state index is 11.6. The molecule has 4 heteroatoms. The molecule has 0 saturated carbocycles. The van der Waals surface area contributed by atoms with Gasteiger partial charge in [0, 0.05) is 6.20 Å². The molecule has 0 aliphatic carbocycles. The number of carbonyl (C=O) groups excluding carboxylic acids is 1. The molecule has 2 heterocycles. The van der Waals surface area contributed by atoms with E-state index in [0.717, 1.165) is 19.4 Å². The predicted octanol–water partition coefficient (Wildman–Crippen LogP) is 0.772. The van der Waals surface area contributed by atoms with E-state index in [9.17, 15) is 4.79 Å². The highest BCUT2D eigenvalue weighted by Crippen LogP contribution is 2.08. The Morgan fingerprint density at radius 3 is 3.14 bits per heavy atom. The van der Waals surface area contributed by atoms with Crippen molar-refractivity contribution >= 4 is 11.7 Å². The third kappa shape index (κ3) is 2.09. The van der Waals surface area contributed by atoms with Gasteiger partial charge in [0.1, 0.15) is 5.82 Å². The van der Waals surface area contributed by atoms with E-state index < -0.39 is 0 Å². The molecule has 1 aromatic heterocycles. The first-order chi connectivity index (χ1) is 6.86. The van der Waals surface area contributed by atoms with Gasteiger partial charge in [0.2, 0.25) is 5.91 Å². The van der Waals surface area contributed by atoms with E-state index in [0.29, 0.717) is 5.82 Å². The Morgan fingerprint density at radius 2 is 2.50 bits per heavy atom. The van der Waals surface area contributed by atoms with E-state index >= 15 is 0 Å². The smallest absolute Gasteiger partial charge is 0.242 e. The summed E-state index contributed by atoms with van der Waals surface area (Å²) in [6, 6.07) is 5.41. The van der Waals surface area contributed by atoms with Crippen LogP contribution in [-0.2, 0) is 4.79 Å². The Bertz CT molecular complexity index is 306. The zero-order valence-electron chi connectivity index (χ0n) is 7.86. The molecule has 1 fully saturated rings. The number of amides is 1. The van der Waals surface area contributed by atoms with Crippen molar-refractivity contribution < 1.29 is 4.79 Å². The summed E-state index contributed by atoms with van der Waals surface area (Å²) in [5.41, 5.74) is 0. The minimum atomic E-state index is -0.0444. The molecule has 1 atom stereocenters. The fourth-order valence-electron chi connectivity index (χ4n) is 1.56. The standard InChI is InChI=1S/C10H13N3O/c14-10(8-4-3-7-11-8)13-9-5-1-2-6-12-9/h1-2,5-6,8,11H,3-4,7H2,(H,12,13,14)/t8-/m0/s1. The van der Waals surface area contributed by atoms with Crippen molar-refractivity contribution in [2.45, 2.75) is 18.9 Å². The summed E-state index contributed by atoms with van der Waals surface area (Å²) in [4.78, 5) is 15.6. The third-order valence-electron chi connectivity index (χ3n) is 2.29. The van der Waals surface area contributed by atoms with Crippen molar-refractivity contribution in [3.63, 3.8) is 0 Å². The second kappa shape index (κ2) is 4.19. The lowest BCUT2D eigenvalue weighted by Crippen LogP contribution is -2.35. The number of aromatic nitrogens is 1. The van der Waals surface area contributed by atoms with E-state index in [2.05, 4.69) is 15.6 Å². The second-order valence-electron chi connectivity index (χ2n) is 3.35. The summed E-state index contributed by atoms with van der Waals surface area (Å²) < 4.78 is 0. The lowest BCUT2D eigenvalue weighted by molar-refractivity contribution is -0.117. The van der Waals surface area contributed by atoms with Crippen LogP contribution in [0.2, 0.25) is 0 Å². The van der Waals surface area contributed by atoms with Crippen LogP contribution in [0, 0.1) is 0 Å². The van der Waals surface area contributed by atoms with Gasteiger partial charge in [0.05, 0.1) is 6.04 Å². The maximum atomic E-state index is 11.6. The zero-order chi connectivity index (χ0) is 9.80. The van der Waals surface area contributed by atoms with Crippen LogP contribution in [0.4, 0.5) is 5.82 Å². The van der Waals surface area contributed by atoms with Crippen molar-refractivity contribution in [1.29, 1.82) is 0 Å². The number of hydrogen-bond donors (Lipinski definition) is 2. The van der Waals surface area contributed by atoms with Gasteiger partial charge in [-0.3, -0.25) is 4.79 Å². The molecule has 0 aromatic carbocycles. The fourth-order valence-corrected chi connectivity index (χ4v) is 1.56. The number of nitrogens with one attached hydrogen (secondary N) is 2. The Labute approximate surface area is 82.7 Å². The molecule has 0 bridgehead atoms. The van der Waals surface area contributed by atoms with Crippen LogP contribution in [0.5, 0.6) is 0 Å². The summed E-state index contributed by atoms with van der Waals surface area (Å²) >= 11 is 0. The average Bonchev–Trinajstić information content (AvgIpc) is 2.72. The number of carbonyl (C=O) groups is 1. The van der Waals surface area contributed by atoms with Gasteiger partial charge >= 0.3 is 0 Å². The van der Waals surface area contributed by atoms with Gasteiger partial charge in [0.25, 0.3) is 0 Å². The molecule has 74 valence electrons. The second-order valence-corrected chi connectivity index (χ2v) is 3.35. The van der Waals surface area contributed by atoms with Crippen LogP contribution in [0.3, 0.4) is 0 Å². The number of anilines is 1. The summed E-state index contributed by atoms with van der Waals surface area (Å²) in [6.45, 7) is 0.931. The molecule has 0 unspecified atom stereocenters. The monoisotopic (exact) mass is 191 g/mol. The first-order valence-corrected chi connectivity index (χ1v) is 4.81. The largest absolute Gasteiger partial charge is 0.309 e. The molecule has 1 aliphatic rings. The molecule has 1 saturated heterocycles. The van der Waals surface area contributed by atoms with E-state index in [-0.39, 0.29) is 11.9 Å². The third-order valence-corrected chi connectivity index (χ3v) is 2.29. The van der Waals surface area contributed by atoms with Gasteiger partial charge in [-0.15, -0.1) is 0 Å². The minimum absolute atomic E-state index is 0.0150. The molecule has 14 heavy (non-hydrogen) atoms. The molecule has 1 aromatic rings. The van der Waals surface area contributed by atoms with Gasteiger partial charge in [0.15, 0.2) is 0 Å². The van der Waals surface area contributed by atoms with Crippen LogP contribution >= 0.6 is 0 Å². The molecule has 0 spiro atoms. The van der Waals surface area contributed by atoms with E-state index in [1.54, 1.807) is 12.3 Å². The summed E-state index contributed by atoms with van der Waals surface area (Å²) in [6.07, 6.45) is 3.65. The van der Waals surface area contributed by atoms with Crippen LogP contribution in [0.25, 0.3) is 0 Å². The lowest BCUT2D eigenvalue weighted by atomic mass is 10.2. The van der Waals surface area contributed by atoms with Gasteiger partial charge in [-0.05, 0) is 31.5 Å². The van der Waals surface area contributed by atoms with Gasteiger partial charge < -0.3 is 10.6 Å². The first kappa shape index (κ1) is 9.15. The molecule has 0 radical (unpaired) electrons. The number of rotatable bonds is 2. The Hall–Kier alpha value is -1.42. The van der Waals surface area contributed by atoms with Crippen molar-refractivity contribution in [2.75, 3.05) is 11.9 Å². The average molecular weight is 191 g/mol. The molecular formula is C10H13N3O. The normalized spacial score (nSPS) is 20.7. The van der Waals surface area contributed by atoms with Gasteiger partial charge in [-0.25, -0.2) is 4.98 Å². The molecule has 4 nitrogen and oxygen atoms in total. The number of nitrogens with zero attached hydrogens (tertiary/aromatic N) is 1. The maximum Gasteiger partial charge on any atom is 0.242 e. The highest BCUT2D eigenvalue weighted by Gasteiger charge is 2.21. The zero-order valence-corrected chi connectivity index (χ0v) is 7.86. The Kier molecular flexibility index (Phi) is 2.74. The van der Waals surface area contributed by atoms with Crippen LogP contribution in [-0.4, -0.2) is 23.5 Å². The molecule has 1 amide bonds. The first-order valence-electron chi connectivity index (χ1n) is 4.81. The Morgan fingerprint density at radius 1 is 1.57 bits per heavy atom. The SMILES string of the molecule is O=C(Nc1ccccn1)[C@@H]1CCCN1. The lowest BCUT2D eigenvalue weighted by Gasteiger charge is -2.09. The predicted molar refractivity (Wildman–Crippen MR) is 53.9 cm³/mol. The quantitative estimate of drug-likeness (QED) is 0.726. The van der Waals surface area contributed by atoms with Crippen LogP contribution in [0.1, 0.15) is 12.8 Å². The summed E-state index contributed by atoms with van der Waals surface area (Å²) in [5.74, 6) is 0.632.